The molecular formula is C13H15O3-. The van der Waals surface area contributed by atoms with E-state index >= 15 is 0 Å². The molecular weight excluding hydrogens is 204 g/mol. The van der Waals surface area contributed by atoms with Crippen molar-refractivity contribution in [3.8, 4) is 5.75 Å². The van der Waals surface area contributed by atoms with E-state index in [9.17, 15) is 9.90 Å². The summed E-state index contributed by atoms with van der Waals surface area (Å²) in [5.74, 6) is -0.236. The predicted octanol–water partition coefficient (Wildman–Crippen LogP) is 1.21. The van der Waals surface area contributed by atoms with Crippen molar-refractivity contribution in [1.29, 1.82) is 0 Å². The van der Waals surface area contributed by atoms with E-state index in [0.29, 0.717) is 12.3 Å². The van der Waals surface area contributed by atoms with Crippen LogP contribution in [0.2, 0.25) is 0 Å². The van der Waals surface area contributed by atoms with Gasteiger partial charge in [0, 0.05) is 11.9 Å². The molecule has 0 aliphatic heterocycles. The van der Waals surface area contributed by atoms with Crippen LogP contribution in [-0.2, 0) is 11.2 Å². The molecule has 0 heterocycles. The Kier molecular flexibility index (Phi) is 2.62. The molecule has 1 atom stereocenters. The molecule has 0 fully saturated rings. The van der Waals surface area contributed by atoms with Gasteiger partial charge in [0.2, 0.25) is 0 Å². The maximum absolute atomic E-state index is 10.8. The molecule has 0 radical (unpaired) electrons. The minimum absolute atomic E-state index is 0.322. The summed E-state index contributed by atoms with van der Waals surface area (Å²) in [5.41, 5.74) is 3.02. The molecule has 2 rings (SSSR count). The van der Waals surface area contributed by atoms with Gasteiger partial charge in [-0.2, -0.15) is 0 Å². The molecule has 0 amide bonds. The quantitative estimate of drug-likeness (QED) is 0.767. The van der Waals surface area contributed by atoms with Gasteiger partial charge in [-0.1, -0.05) is 19.9 Å². The summed E-state index contributed by atoms with van der Waals surface area (Å²) < 4.78 is 5.31. The third-order valence-corrected chi connectivity index (χ3v) is 3.20. The van der Waals surface area contributed by atoms with Gasteiger partial charge < -0.3 is 14.6 Å². The monoisotopic (exact) mass is 219 g/mol. The van der Waals surface area contributed by atoms with Crippen LogP contribution >= 0.6 is 0 Å². The van der Waals surface area contributed by atoms with Crippen LogP contribution in [0.4, 0.5) is 0 Å². The highest BCUT2D eigenvalue weighted by Crippen LogP contribution is 2.40. The van der Waals surface area contributed by atoms with Crippen molar-refractivity contribution in [3.05, 3.63) is 28.8 Å². The molecule has 16 heavy (non-hydrogen) atoms. The Hall–Kier alpha value is -1.51. The normalized spacial score (nSPS) is 17.9. The fraction of sp³-hybridized carbons (Fsp3) is 0.462. The molecule has 0 aromatic heterocycles. The molecule has 0 N–H and O–H groups in total. The van der Waals surface area contributed by atoms with Crippen molar-refractivity contribution in [2.24, 2.45) is 0 Å². The summed E-state index contributed by atoms with van der Waals surface area (Å²) in [4.78, 5) is 10.8. The topological polar surface area (TPSA) is 49.4 Å². The molecule has 0 saturated heterocycles. The lowest BCUT2D eigenvalue weighted by atomic mass is 9.75. The number of rotatable bonds is 3. The lowest BCUT2D eigenvalue weighted by molar-refractivity contribution is -0.308. The lowest BCUT2D eigenvalue weighted by Crippen LogP contribution is -2.36. The largest absolute Gasteiger partial charge is 0.549 e. The number of carboxylic acid groups (broad SMARTS) is 1. The first kappa shape index (κ1) is 11.0. The van der Waals surface area contributed by atoms with E-state index in [0.717, 1.165) is 22.4 Å². The first-order valence-electron chi connectivity index (χ1n) is 5.46. The van der Waals surface area contributed by atoms with Crippen LogP contribution in [0, 0.1) is 0 Å². The number of aliphatic carboxylic acids is 1. The summed E-state index contributed by atoms with van der Waals surface area (Å²) in [7, 11) is 1.64. The number of fused-ring (bicyclic) bond motifs is 1. The Morgan fingerprint density at radius 3 is 2.69 bits per heavy atom. The first-order valence-corrected chi connectivity index (χ1v) is 5.46. The third kappa shape index (κ3) is 1.56. The molecule has 3 nitrogen and oxygen atoms in total. The third-order valence-electron chi connectivity index (χ3n) is 3.20. The van der Waals surface area contributed by atoms with E-state index in [1.807, 2.05) is 12.1 Å². The highest BCUT2D eigenvalue weighted by atomic mass is 16.5. The number of carbonyl (C=O) groups is 1. The summed E-state index contributed by atoms with van der Waals surface area (Å²) in [6, 6.07) is 3.90. The van der Waals surface area contributed by atoms with Crippen LogP contribution < -0.4 is 9.84 Å². The molecule has 0 saturated carbocycles. The van der Waals surface area contributed by atoms with Gasteiger partial charge >= 0.3 is 0 Å². The van der Waals surface area contributed by atoms with Crippen LogP contribution in [0.3, 0.4) is 0 Å². The summed E-state index contributed by atoms with van der Waals surface area (Å²) >= 11 is 0. The van der Waals surface area contributed by atoms with Crippen LogP contribution in [0.1, 0.15) is 42.4 Å². The summed E-state index contributed by atoms with van der Waals surface area (Å²) in [6.45, 7) is 4.13. The molecule has 1 aromatic carbocycles. The fourth-order valence-corrected chi connectivity index (χ4v) is 2.19. The van der Waals surface area contributed by atoms with Crippen molar-refractivity contribution < 1.29 is 14.6 Å². The van der Waals surface area contributed by atoms with Gasteiger partial charge in [0.15, 0.2) is 0 Å². The van der Waals surface area contributed by atoms with Crippen molar-refractivity contribution in [3.63, 3.8) is 0 Å². The number of ether oxygens (including phenoxy) is 1. The van der Waals surface area contributed by atoms with Gasteiger partial charge in [-0.25, -0.2) is 0 Å². The zero-order valence-electron chi connectivity index (χ0n) is 9.74. The van der Waals surface area contributed by atoms with Gasteiger partial charge in [-0.05, 0) is 35.1 Å². The SMILES string of the molecule is COc1cc2c(cc1C(C)C)[C@@H](C(=O)[O-])C2. The average Bonchev–Trinajstić information content (AvgIpc) is 2.18. The van der Waals surface area contributed by atoms with Crippen molar-refractivity contribution >= 4 is 5.97 Å². The molecule has 0 spiro atoms. The van der Waals surface area contributed by atoms with E-state index in [2.05, 4.69) is 13.8 Å². The smallest absolute Gasteiger partial charge is 0.122 e. The second-order valence-corrected chi connectivity index (χ2v) is 4.52. The molecule has 3 heteroatoms. The maximum Gasteiger partial charge on any atom is 0.122 e. The average molecular weight is 219 g/mol. The molecule has 1 aliphatic rings. The maximum atomic E-state index is 10.8. The van der Waals surface area contributed by atoms with Gasteiger partial charge in [-0.15, -0.1) is 0 Å². The second-order valence-electron chi connectivity index (χ2n) is 4.52. The predicted molar refractivity (Wildman–Crippen MR) is 58.5 cm³/mol. The van der Waals surface area contributed by atoms with Gasteiger partial charge in [0.1, 0.15) is 5.75 Å². The van der Waals surface area contributed by atoms with Gasteiger partial charge in [0.25, 0.3) is 0 Å². The van der Waals surface area contributed by atoms with Crippen LogP contribution in [0.15, 0.2) is 12.1 Å². The van der Waals surface area contributed by atoms with Gasteiger partial charge in [-0.3, -0.25) is 0 Å². The minimum Gasteiger partial charge on any atom is -0.549 e. The Labute approximate surface area is 95.0 Å². The van der Waals surface area contributed by atoms with Crippen LogP contribution in [0.25, 0.3) is 0 Å². The van der Waals surface area contributed by atoms with Crippen LogP contribution in [-0.4, -0.2) is 13.1 Å². The fourth-order valence-electron chi connectivity index (χ4n) is 2.19. The number of benzene rings is 1. The van der Waals surface area contributed by atoms with Crippen molar-refractivity contribution in [2.45, 2.75) is 32.1 Å². The Morgan fingerprint density at radius 1 is 1.50 bits per heavy atom. The van der Waals surface area contributed by atoms with E-state index in [1.165, 1.54) is 0 Å². The highest BCUT2D eigenvalue weighted by Gasteiger charge is 2.29. The highest BCUT2D eigenvalue weighted by molar-refractivity contribution is 5.79. The number of hydrogen-bond acceptors (Lipinski definition) is 3. The molecule has 0 bridgehead atoms. The lowest BCUT2D eigenvalue weighted by Gasteiger charge is -2.32. The van der Waals surface area contributed by atoms with Crippen molar-refractivity contribution in [1.82, 2.24) is 0 Å². The zero-order chi connectivity index (χ0) is 11.9. The van der Waals surface area contributed by atoms with E-state index in [-0.39, 0.29) is 0 Å². The van der Waals surface area contributed by atoms with Gasteiger partial charge in [0.05, 0.1) is 7.11 Å². The summed E-state index contributed by atoms with van der Waals surface area (Å²) in [6.07, 6.45) is 0.562. The zero-order valence-corrected chi connectivity index (χ0v) is 9.74. The van der Waals surface area contributed by atoms with Crippen molar-refractivity contribution in [2.75, 3.05) is 7.11 Å². The number of methoxy groups -OCH3 is 1. The molecule has 0 unspecified atom stereocenters. The van der Waals surface area contributed by atoms with E-state index < -0.39 is 11.9 Å². The van der Waals surface area contributed by atoms with E-state index in [1.54, 1.807) is 7.11 Å². The number of carboxylic acids is 1. The minimum atomic E-state index is -0.979. The standard InChI is InChI=1S/C13H16O3/c1-7(2)9-6-10-8(5-12(9)16-3)4-11(10)13(14)15/h5-7,11H,4H2,1-3H3,(H,14,15)/p-1/t11-/m0/s1. The number of hydrogen-bond donors (Lipinski definition) is 0. The molecule has 86 valence electrons. The molecule has 1 aromatic rings. The van der Waals surface area contributed by atoms with Crippen LogP contribution in [0.5, 0.6) is 5.75 Å². The Bertz CT molecular complexity index is 435. The molecule has 1 aliphatic carbocycles. The number of carbonyl (C=O) groups excluding carboxylic acids is 1. The van der Waals surface area contributed by atoms with E-state index in [4.69, 9.17) is 4.74 Å². The first-order chi connectivity index (χ1) is 7.54. The Balaban J connectivity index is 2.44. The summed E-state index contributed by atoms with van der Waals surface area (Å²) in [5, 5.41) is 10.8. The Morgan fingerprint density at radius 2 is 2.19 bits per heavy atom. The second kappa shape index (κ2) is 3.81.